The maximum Gasteiger partial charge on any atom is 0.200 e. The van der Waals surface area contributed by atoms with Gasteiger partial charge >= 0.3 is 0 Å². The zero-order valence-corrected chi connectivity index (χ0v) is 8.05. The molecule has 0 fully saturated rings. The molecule has 1 aromatic rings. The summed E-state index contributed by atoms with van der Waals surface area (Å²) in [5.74, 6) is -2.09. The van der Waals surface area contributed by atoms with E-state index in [0.717, 1.165) is 0 Å². The van der Waals surface area contributed by atoms with E-state index in [2.05, 4.69) is 4.74 Å². The van der Waals surface area contributed by atoms with Crippen molar-refractivity contribution in [3.8, 4) is 5.75 Å². The SMILES string of the molecule is COc1ccc(CC(C)O)c(F)c1F. The molecule has 1 N–H and O–H groups in total. The van der Waals surface area contributed by atoms with Gasteiger partial charge < -0.3 is 9.84 Å². The van der Waals surface area contributed by atoms with Gasteiger partial charge in [0.2, 0.25) is 5.82 Å². The number of rotatable bonds is 3. The van der Waals surface area contributed by atoms with Crippen molar-refractivity contribution in [1.29, 1.82) is 0 Å². The maximum atomic E-state index is 13.2. The van der Waals surface area contributed by atoms with Crippen LogP contribution in [-0.4, -0.2) is 18.3 Å². The summed E-state index contributed by atoms with van der Waals surface area (Å²) in [6.45, 7) is 1.52. The quantitative estimate of drug-likeness (QED) is 0.811. The van der Waals surface area contributed by atoms with Gasteiger partial charge in [0, 0.05) is 6.42 Å². The molecule has 4 heteroatoms. The molecule has 0 aromatic heterocycles. The van der Waals surface area contributed by atoms with Crippen LogP contribution in [-0.2, 0) is 6.42 Å². The van der Waals surface area contributed by atoms with Crippen LogP contribution >= 0.6 is 0 Å². The number of halogens is 2. The summed E-state index contributed by atoms with van der Waals surface area (Å²) < 4.78 is 31.0. The first-order valence-electron chi connectivity index (χ1n) is 4.25. The van der Waals surface area contributed by atoms with E-state index in [-0.39, 0.29) is 17.7 Å². The molecule has 0 spiro atoms. The molecule has 0 amide bonds. The van der Waals surface area contributed by atoms with Crippen LogP contribution in [0.3, 0.4) is 0 Å². The lowest BCUT2D eigenvalue weighted by Gasteiger charge is -2.08. The lowest BCUT2D eigenvalue weighted by atomic mass is 10.1. The second-order valence-electron chi connectivity index (χ2n) is 3.11. The Balaban J connectivity index is 3.04. The van der Waals surface area contributed by atoms with Crippen molar-refractivity contribution in [1.82, 2.24) is 0 Å². The standard InChI is InChI=1S/C10H12F2O2/c1-6(13)5-7-3-4-8(14-2)10(12)9(7)11/h3-4,6,13H,5H2,1-2H3. The highest BCUT2D eigenvalue weighted by Gasteiger charge is 2.14. The van der Waals surface area contributed by atoms with Gasteiger partial charge in [0.05, 0.1) is 13.2 Å². The Hall–Kier alpha value is -1.16. The summed E-state index contributed by atoms with van der Waals surface area (Å²) in [6, 6.07) is 2.75. The van der Waals surface area contributed by atoms with Gasteiger partial charge in [0.15, 0.2) is 11.6 Å². The Morgan fingerprint density at radius 1 is 1.36 bits per heavy atom. The molecule has 0 heterocycles. The minimum absolute atomic E-state index is 0.0900. The summed E-state index contributed by atoms with van der Waals surface area (Å²) >= 11 is 0. The number of hydrogen-bond donors (Lipinski definition) is 1. The Labute approximate surface area is 81.1 Å². The average molecular weight is 202 g/mol. The topological polar surface area (TPSA) is 29.5 Å². The summed E-state index contributed by atoms with van der Waals surface area (Å²) in [4.78, 5) is 0. The normalized spacial score (nSPS) is 12.6. The van der Waals surface area contributed by atoms with E-state index in [1.54, 1.807) is 0 Å². The van der Waals surface area contributed by atoms with Crippen molar-refractivity contribution in [2.75, 3.05) is 7.11 Å². The Bertz CT molecular complexity index is 324. The van der Waals surface area contributed by atoms with E-state index < -0.39 is 17.7 Å². The molecule has 1 rings (SSSR count). The van der Waals surface area contributed by atoms with E-state index in [9.17, 15) is 8.78 Å². The zero-order valence-electron chi connectivity index (χ0n) is 8.05. The van der Waals surface area contributed by atoms with Crippen LogP contribution in [0.1, 0.15) is 12.5 Å². The third kappa shape index (κ3) is 2.20. The van der Waals surface area contributed by atoms with Gasteiger partial charge in [-0.3, -0.25) is 0 Å². The van der Waals surface area contributed by atoms with E-state index >= 15 is 0 Å². The maximum absolute atomic E-state index is 13.2. The molecule has 0 aliphatic carbocycles. The van der Waals surface area contributed by atoms with Crippen LogP contribution < -0.4 is 4.74 Å². The third-order valence-electron chi connectivity index (χ3n) is 1.86. The van der Waals surface area contributed by atoms with Crippen molar-refractivity contribution in [3.05, 3.63) is 29.3 Å². The van der Waals surface area contributed by atoms with Crippen LogP contribution in [0.15, 0.2) is 12.1 Å². The van der Waals surface area contributed by atoms with Crippen LogP contribution in [0, 0.1) is 11.6 Å². The van der Waals surface area contributed by atoms with Gasteiger partial charge in [-0.15, -0.1) is 0 Å². The highest BCUT2D eigenvalue weighted by Crippen LogP contribution is 2.22. The number of aliphatic hydroxyl groups excluding tert-OH is 1. The average Bonchev–Trinajstić information content (AvgIpc) is 2.13. The fraction of sp³-hybridized carbons (Fsp3) is 0.400. The molecule has 1 aromatic carbocycles. The Morgan fingerprint density at radius 2 is 2.00 bits per heavy atom. The molecule has 0 aliphatic heterocycles. The highest BCUT2D eigenvalue weighted by molar-refractivity contribution is 5.31. The molecule has 14 heavy (non-hydrogen) atoms. The molecule has 78 valence electrons. The summed E-state index contributed by atoms with van der Waals surface area (Å²) in [5, 5.41) is 9.03. The largest absolute Gasteiger partial charge is 0.494 e. The number of methoxy groups -OCH3 is 1. The Kier molecular flexibility index (Phi) is 3.41. The number of hydrogen-bond acceptors (Lipinski definition) is 2. The van der Waals surface area contributed by atoms with Crippen molar-refractivity contribution < 1.29 is 18.6 Å². The molecule has 0 saturated heterocycles. The van der Waals surface area contributed by atoms with Gasteiger partial charge in [-0.1, -0.05) is 6.07 Å². The van der Waals surface area contributed by atoms with Gasteiger partial charge in [-0.25, -0.2) is 4.39 Å². The fourth-order valence-corrected chi connectivity index (χ4v) is 1.21. The van der Waals surface area contributed by atoms with Crippen LogP contribution in [0.2, 0.25) is 0 Å². The minimum atomic E-state index is -1.01. The first kappa shape index (κ1) is 10.9. The second-order valence-corrected chi connectivity index (χ2v) is 3.11. The number of ether oxygens (including phenoxy) is 1. The van der Waals surface area contributed by atoms with Gasteiger partial charge in [0.1, 0.15) is 0 Å². The fourth-order valence-electron chi connectivity index (χ4n) is 1.21. The first-order chi connectivity index (χ1) is 6.56. The van der Waals surface area contributed by atoms with E-state index in [0.29, 0.717) is 0 Å². The van der Waals surface area contributed by atoms with E-state index in [1.807, 2.05) is 0 Å². The zero-order chi connectivity index (χ0) is 10.7. The summed E-state index contributed by atoms with van der Waals surface area (Å²) in [6.07, 6.45) is -0.607. The summed E-state index contributed by atoms with van der Waals surface area (Å²) in [7, 11) is 1.27. The van der Waals surface area contributed by atoms with Gasteiger partial charge in [-0.05, 0) is 18.6 Å². The van der Waals surface area contributed by atoms with E-state index in [4.69, 9.17) is 5.11 Å². The van der Waals surface area contributed by atoms with Crippen molar-refractivity contribution >= 4 is 0 Å². The molecular formula is C10H12F2O2. The van der Waals surface area contributed by atoms with Crippen molar-refractivity contribution in [3.63, 3.8) is 0 Å². The third-order valence-corrected chi connectivity index (χ3v) is 1.86. The number of aliphatic hydroxyl groups is 1. The molecule has 0 aliphatic rings. The molecule has 0 bridgehead atoms. The molecule has 0 radical (unpaired) electrons. The first-order valence-corrected chi connectivity index (χ1v) is 4.25. The Morgan fingerprint density at radius 3 is 2.50 bits per heavy atom. The molecule has 1 unspecified atom stereocenters. The van der Waals surface area contributed by atoms with Gasteiger partial charge in [0.25, 0.3) is 0 Å². The van der Waals surface area contributed by atoms with E-state index in [1.165, 1.54) is 26.2 Å². The molecule has 0 saturated carbocycles. The predicted molar refractivity (Wildman–Crippen MR) is 48.3 cm³/mol. The van der Waals surface area contributed by atoms with Crippen LogP contribution in [0.25, 0.3) is 0 Å². The molecule has 2 nitrogen and oxygen atoms in total. The lowest BCUT2D eigenvalue weighted by Crippen LogP contribution is -2.07. The second kappa shape index (κ2) is 4.37. The van der Waals surface area contributed by atoms with Gasteiger partial charge in [-0.2, -0.15) is 4.39 Å². The lowest BCUT2D eigenvalue weighted by molar-refractivity contribution is 0.193. The molecule has 1 atom stereocenters. The van der Waals surface area contributed by atoms with Crippen molar-refractivity contribution in [2.24, 2.45) is 0 Å². The smallest absolute Gasteiger partial charge is 0.200 e. The monoisotopic (exact) mass is 202 g/mol. The van der Waals surface area contributed by atoms with Crippen LogP contribution in [0.4, 0.5) is 8.78 Å². The highest BCUT2D eigenvalue weighted by atomic mass is 19.2. The minimum Gasteiger partial charge on any atom is -0.494 e. The number of benzene rings is 1. The van der Waals surface area contributed by atoms with Crippen molar-refractivity contribution in [2.45, 2.75) is 19.4 Å². The molecular weight excluding hydrogens is 190 g/mol. The summed E-state index contributed by atoms with van der Waals surface area (Å²) in [5.41, 5.74) is 0.151. The predicted octanol–water partition coefficient (Wildman–Crippen LogP) is 1.90. The van der Waals surface area contributed by atoms with Crippen LogP contribution in [0.5, 0.6) is 5.75 Å².